The van der Waals surface area contributed by atoms with Gasteiger partial charge in [-0.2, -0.15) is 5.10 Å². The monoisotopic (exact) mass is 308 g/mol. The van der Waals surface area contributed by atoms with Gasteiger partial charge in [0.05, 0.1) is 6.20 Å². The van der Waals surface area contributed by atoms with Gasteiger partial charge in [-0.3, -0.25) is 5.10 Å². The summed E-state index contributed by atoms with van der Waals surface area (Å²) in [6, 6.07) is 0.672. The zero-order valence-corrected chi connectivity index (χ0v) is 14.0. The van der Waals surface area contributed by atoms with E-state index in [0.717, 1.165) is 18.4 Å². The maximum Gasteiger partial charge on any atom is 0.407 e. The van der Waals surface area contributed by atoms with Crippen molar-refractivity contribution in [1.29, 1.82) is 0 Å². The SMILES string of the molecule is CC(NC1CCCC1CNC(=O)OC(C)(C)C)c1cn[nH]c1. The van der Waals surface area contributed by atoms with Crippen molar-refractivity contribution in [2.45, 2.75) is 64.6 Å². The third kappa shape index (κ3) is 5.02. The second-order valence-electron chi connectivity index (χ2n) is 7.10. The van der Waals surface area contributed by atoms with Crippen LogP contribution in [0.1, 0.15) is 58.6 Å². The highest BCUT2D eigenvalue weighted by atomic mass is 16.6. The minimum Gasteiger partial charge on any atom is -0.444 e. The Morgan fingerprint density at radius 3 is 2.91 bits per heavy atom. The summed E-state index contributed by atoms with van der Waals surface area (Å²) < 4.78 is 5.29. The van der Waals surface area contributed by atoms with Crippen LogP contribution in [0.3, 0.4) is 0 Å². The van der Waals surface area contributed by atoms with E-state index in [0.29, 0.717) is 18.5 Å². The fourth-order valence-electron chi connectivity index (χ4n) is 2.94. The highest BCUT2D eigenvalue weighted by Gasteiger charge is 2.29. The van der Waals surface area contributed by atoms with Gasteiger partial charge in [0.15, 0.2) is 0 Å². The van der Waals surface area contributed by atoms with Crippen molar-refractivity contribution in [3.05, 3.63) is 18.0 Å². The van der Waals surface area contributed by atoms with E-state index in [9.17, 15) is 4.79 Å². The van der Waals surface area contributed by atoms with E-state index in [-0.39, 0.29) is 12.1 Å². The summed E-state index contributed by atoms with van der Waals surface area (Å²) in [4.78, 5) is 11.8. The number of hydrogen-bond acceptors (Lipinski definition) is 4. The van der Waals surface area contributed by atoms with Gasteiger partial charge in [0.2, 0.25) is 0 Å². The van der Waals surface area contributed by atoms with Gasteiger partial charge < -0.3 is 15.4 Å². The molecule has 0 spiro atoms. The Morgan fingerprint density at radius 1 is 1.50 bits per heavy atom. The first kappa shape index (κ1) is 16.8. The molecule has 1 heterocycles. The molecule has 1 aromatic rings. The molecule has 0 aliphatic heterocycles. The fraction of sp³-hybridized carbons (Fsp3) is 0.750. The van der Waals surface area contributed by atoms with E-state index < -0.39 is 5.60 Å². The van der Waals surface area contributed by atoms with Gasteiger partial charge in [0.1, 0.15) is 5.60 Å². The largest absolute Gasteiger partial charge is 0.444 e. The zero-order chi connectivity index (χ0) is 16.2. The highest BCUT2D eigenvalue weighted by molar-refractivity contribution is 5.67. The number of carbonyl (C=O) groups excluding carboxylic acids is 1. The molecule has 3 N–H and O–H groups in total. The summed E-state index contributed by atoms with van der Waals surface area (Å²) in [5.41, 5.74) is 0.707. The van der Waals surface area contributed by atoms with Crippen molar-refractivity contribution in [2.75, 3.05) is 6.54 Å². The first-order valence-corrected chi connectivity index (χ1v) is 8.07. The van der Waals surface area contributed by atoms with Gasteiger partial charge >= 0.3 is 6.09 Å². The van der Waals surface area contributed by atoms with Gasteiger partial charge in [0, 0.05) is 30.4 Å². The van der Waals surface area contributed by atoms with Gasteiger partial charge in [-0.15, -0.1) is 0 Å². The Kier molecular flexibility index (Phi) is 5.45. The van der Waals surface area contributed by atoms with Crippen LogP contribution in [0.2, 0.25) is 0 Å². The standard InChI is InChI=1S/C16H28N4O2/c1-11(13-9-18-19-10-13)20-14-7-5-6-12(14)8-17-15(21)22-16(2,3)4/h9-12,14,20H,5-8H2,1-4H3,(H,17,21)(H,18,19). The topological polar surface area (TPSA) is 79.0 Å². The van der Waals surface area contributed by atoms with Gasteiger partial charge in [0.25, 0.3) is 0 Å². The number of hydrogen-bond donors (Lipinski definition) is 3. The average Bonchev–Trinajstić information content (AvgIpc) is 3.05. The Bertz CT molecular complexity index is 467. The Hall–Kier alpha value is -1.56. The van der Waals surface area contributed by atoms with E-state index in [4.69, 9.17) is 4.74 Å². The van der Waals surface area contributed by atoms with Crippen LogP contribution < -0.4 is 10.6 Å². The lowest BCUT2D eigenvalue weighted by Gasteiger charge is -2.26. The lowest BCUT2D eigenvalue weighted by Crippen LogP contribution is -2.41. The molecule has 1 saturated carbocycles. The summed E-state index contributed by atoms with van der Waals surface area (Å²) in [5, 5.41) is 13.4. The van der Waals surface area contributed by atoms with Crippen LogP contribution in [-0.4, -0.2) is 34.5 Å². The second-order valence-corrected chi connectivity index (χ2v) is 7.10. The van der Waals surface area contributed by atoms with E-state index in [1.165, 1.54) is 6.42 Å². The molecule has 3 atom stereocenters. The van der Waals surface area contributed by atoms with Crippen molar-refractivity contribution < 1.29 is 9.53 Å². The van der Waals surface area contributed by atoms with Crippen molar-refractivity contribution in [2.24, 2.45) is 5.92 Å². The van der Waals surface area contributed by atoms with Crippen LogP contribution >= 0.6 is 0 Å². The predicted octanol–water partition coefficient (Wildman–Crippen LogP) is 2.75. The smallest absolute Gasteiger partial charge is 0.407 e. The van der Waals surface area contributed by atoms with Crippen molar-refractivity contribution in [3.63, 3.8) is 0 Å². The maximum atomic E-state index is 11.8. The molecular weight excluding hydrogens is 280 g/mol. The highest BCUT2D eigenvalue weighted by Crippen LogP contribution is 2.27. The number of rotatable bonds is 5. The van der Waals surface area contributed by atoms with Crippen LogP contribution in [0, 0.1) is 5.92 Å². The van der Waals surface area contributed by atoms with E-state index in [1.807, 2.05) is 33.2 Å². The van der Waals surface area contributed by atoms with Crippen LogP contribution in [0.25, 0.3) is 0 Å². The Labute approximate surface area is 132 Å². The third-order valence-corrected chi connectivity index (χ3v) is 4.05. The summed E-state index contributed by atoms with van der Waals surface area (Å²) in [6.07, 6.45) is 6.90. The van der Waals surface area contributed by atoms with E-state index >= 15 is 0 Å². The molecule has 1 aromatic heterocycles. The van der Waals surface area contributed by atoms with Crippen LogP contribution in [0.4, 0.5) is 4.79 Å². The zero-order valence-electron chi connectivity index (χ0n) is 14.0. The molecule has 0 aromatic carbocycles. The Morgan fingerprint density at radius 2 is 2.27 bits per heavy atom. The minimum atomic E-state index is -0.451. The number of nitrogens with one attached hydrogen (secondary N) is 3. The molecule has 22 heavy (non-hydrogen) atoms. The number of aromatic amines is 1. The number of carbonyl (C=O) groups is 1. The lowest BCUT2D eigenvalue weighted by atomic mass is 10.0. The minimum absolute atomic E-state index is 0.255. The summed E-state index contributed by atoms with van der Waals surface area (Å²) in [6.45, 7) is 8.42. The number of ether oxygens (including phenoxy) is 1. The number of H-pyrrole nitrogens is 1. The van der Waals surface area contributed by atoms with E-state index in [2.05, 4.69) is 27.8 Å². The molecule has 1 aliphatic rings. The third-order valence-electron chi connectivity index (χ3n) is 4.05. The average molecular weight is 308 g/mol. The fourth-order valence-corrected chi connectivity index (χ4v) is 2.94. The first-order valence-electron chi connectivity index (χ1n) is 8.07. The molecule has 3 unspecified atom stereocenters. The quantitative estimate of drug-likeness (QED) is 0.781. The Balaban J connectivity index is 1.79. The predicted molar refractivity (Wildman–Crippen MR) is 85.5 cm³/mol. The van der Waals surface area contributed by atoms with Crippen molar-refractivity contribution in [1.82, 2.24) is 20.8 Å². The van der Waals surface area contributed by atoms with Crippen LogP contribution in [0.5, 0.6) is 0 Å². The number of alkyl carbamates (subject to hydrolysis) is 1. The van der Waals surface area contributed by atoms with Gasteiger partial charge in [-0.05, 0) is 46.5 Å². The van der Waals surface area contributed by atoms with Crippen LogP contribution in [0.15, 0.2) is 12.4 Å². The molecule has 1 amide bonds. The normalized spacial score (nSPS) is 23.3. The first-order chi connectivity index (χ1) is 10.3. The van der Waals surface area contributed by atoms with Crippen molar-refractivity contribution >= 4 is 6.09 Å². The molecule has 0 bridgehead atoms. The van der Waals surface area contributed by atoms with E-state index in [1.54, 1.807) is 0 Å². The van der Waals surface area contributed by atoms with Gasteiger partial charge in [-0.25, -0.2) is 4.79 Å². The molecule has 0 radical (unpaired) electrons. The maximum absolute atomic E-state index is 11.8. The number of aromatic nitrogens is 2. The van der Waals surface area contributed by atoms with Crippen molar-refractivity contribution in [3.8, 4) is 0 Å². The molecule has 6 nitrogen and oxygen atoms in total. The van der Waals surface area contributed by atoms with Crippen LogP contribution in [-0.2, 0) is 4.74 Å². The lowest BCUT2D eigenvalue weighted by molar-refractivity contribution is 0.0517. The number of amides is 1. The molecular formula is C16H28N4O2. The summed E-state index contributed by atoms with van der Waals surface area (Å²) in [7, 11) is 0. The van der Waals surface area contributed by atoms with Gasteiger partial charge in [-0.1, -0.05) is 6.42 Å². The molecule has 6 heteroatoms. The molecule has 2 rings (SSSR count). The summed E-state index contributed by atoms with van der Waals surface area (Å²) >= 11 is 0. The molecule has 1 fully saturated rings. The number of nitrogens with zero attached hydrogens (tertiary/aromatic N) is 1. The molecule has 0 saturated heterocycles. The second kappa shape index (κ2) is 7.13. The molecule has 124 valence electrons. The molecule has 1 aliphatic carbocycles. The summed E-state index contributed by atoms with van der Waals surface area (Å²) in [5.74, 6) is 0.446.